The molecule has 0 spiro atoms. The van der Waals surface area contributed by atoms with Crippen LogP contribution in [-0.2, 0) is 4.79 Å². The van der Waals surface area contributed by atoms with E-state index in [4.69, 9.17) is 0 Å². The summed E-state index contributed by atoms with van der Waals surface area (Å²) >= 11 is 0. The van der Waals surface area contributed by atoms with Crippen LogP contribution in [0.4, 0.5) is 4.39 Å². The molecule has 6 nitrogen and oxygen atoms in total. The molecule has 2 aliphatic rings. The van der Waals surface area contributed by atoms with Crippen molar-refractivity contribution < 1.29 is 14.0 Å². The lowest BCUT2D eigenvalue weighted by molar-refractivity contribution is -0.132. The summed E-state index contributed by atoms with van der Waals surface area (Å²) < 4.78 is 13.6. The van der Waals surface area contributed by atoms with Crippen LogP contribution in [-0.4, -0.2) is 85.4 Å². The van der Waals surface area contributed by atoms with Crippen molar-refractivity contribution in [2.24, 2.45) is 0 Å². The number of benzene rings is 1. The number of amides is 2. The van der Waals surface area contributed by atoms with Gasteiger partial charge in [-0.3, -0.25) is 14.5 Å². The monoisotopic (exact) mass is 348 g/mol. The van der Waals surface area contributed by atoms with Gasteiger partial charge in [0.15, 0.2) is 0 Å². The first-order chi connectivity index (χ1) is 12.1. The van der Waals surface area contributed by atoms with Crippen molar-refractivity contribution in [3.8, 4) is 0 Å². The largest absolute Gasteiger partial charge is 0.350 e. The third-order valence-corrected chi connectivity index (χ3v) is 5.03. The summed E-state index contributed by atoms with van der Waals surface area (Å²) in [7, 11) is 2.10. The van der Waals surface area contributed by atoms with E-state index in [1.54, 1.807) is 17.0 Å². The first-order valence-electron chi connectivity index (χ1n) is 8.80. The number of rotatable bonds is 5. The van der Waals surface area contributed by atoms with Crippen molar-refractivity contribution in [2.75, 3.05) is 52.9 Å². The highest BCUT2D eigenvalue weighted by molar-refractivity contribution is 5.94. The van der Waals surface area contributed by atoms with E-state index in [9.17, 15) is 14.0 Å². The fourth-order valence-corrected chi connectivity index (χ4v) is 3.46. The molecular weight excluding hydrogens is 323 g/mol. The molecule has 0 bridgehead atoms. The molecule has 136 valence electrons. The number of likely N-dealkylation sites (N-methyl/N-ethyl adjacent to an activating group) is 1. The fraction of sp³-hybridized carbons (Fsp3) is 0.556. The molecule has 7 heteroatoms. The molecule has 1 N–H and O–H groups in total. The van der Waals surface area contributed by atoms with Gasteiger partial charge >= 0.3 is 0 Å². The van der Waals surface area contributed by atoms with Gasteiger partial charge in [0.2, 0.25) is 5.91 Å². The van der Waals surface area contributed by atoms with Gasteiger partial charge in [0.05, 0.1) is 11.6 Å². The molecule has 1 atom stereocenters. The van der Waals surface area contributed by atoms with Crippen molar-refractivity contribution in [1.29, 1.82) is 0 Å². The van der Waals surface area contributed by atoms with Gasteiger partial charge in [-0.25, -0.2) is 4.39 Å². The Kier molecular flexibility index (Phi) is 5.65. The van der Waals surface area contributed by atoms with Crippen molar-refractivity contribution in [1.82, 2.24) is 20.0 Å². The Morgan fingerprint density at radius 2 is 1.92 bits per heavy atom. The number of nitrogens with one attached hydrogen (secondary N) is 1. The standard InChI is InChI=1S/C18H25FN4O2/c1-21-10-12-22(13-11-21)16-6-8-23(18(16)25)9-7-20-17(24)14-4-2-3-5-15(14)19/h2-5,16H,6-13H2,1H3,(H,20,24). The molecule has 0 saturated carbocycles. The molecular formula is C18H25FN4O2. The van der Waals surface area contributed by atoms with Crippen LogP contribution in [0, 0.1) is 5.82 Å². The maximum atomic E-state index is 13.6. The zero-order valence-electron chi connectivity index (χ0n) is 14.6. The maximum Gasteiger partial charge on any atom is 0.254 e. The number of nitrogens with zero attached hydrogens (tertiary/aromatic N) is 3. The predicted octanol–water partition coefficient (Wildman–Crippen LogP) is 0.404. The first kappa shape index (κ1) is 17.8. The number of carbonyl (C=O) groups is 2. The summed E-state index contributed by atoms with van der Waals surface area (Å²) in [6.07, 6.45) is 0.837. The molecule has 0 aliphatic carbocycles. The lowest BCUT2D eigenvalue weighted by Crippen LogP contribution is -2.51. The van der Waals surface area contributed by atoms with Crippen LogP contribution >= 0.6 is 0 Å². The van der Waals surface area contributed by atoms with Gasteiger partial charge in [-0.2, -0.15) is 0 Å². The highest BCUT2D eigenvalue weighted by Crippen LogP contribution is 2.18. The summed E-state index contributed by atoms with van der Waals surface area (Å²) in [4.78, 5) is 30.9. The Hall–Kier alpha value is -1.99. The van der Waals surface area contributed by atoms with E-state index in [0.717, 1.165) is 32.6 Å². The van der Waals surface area contributed by atoms with Crippen molar-refractivity contribution >= 4 is 11.8 Å². The molecule has 2 amide bonds. The number of likely N-dealkylation sites (tertiary alicyclic amines) is 1. The number of hydrogen-bond acceptors (Lipinski definition) is 4. The number of piperazine rings is 1. The molecule has 2 aliphatic heterocycles. The Labute approximate surface area is 147 Å². The van der Waals surface area contributed by atoms with Gasteiger partial charge in [-0.15, -0.1) is 0 Å². The van der Waals surface area contributed by atoms with E-state index >= 15 is 0 Å². The molecule has 1 aromatic rings. The van der Waals surface area contributed by atoms with Crippen LogP contribution in [0.1, 0.15) is 16.8 Å². The average Bonchev–Trinajstić information content (AvgIpc) is 2.97. The van der Waals surface area contributed by atoms with E-state index in [2.05, 4.69) is 22.2 Å². The molecule has 3 rings (SSSR count). The second kappa shape index (κ2) is 7.93. The van der Waals surface area contributed by atoms with Crippen LogP contribution in [0.25, 0.3) is 0 Å². The Bertz CT molecular complexity index is 631. The summed E-state index contributed by atoms with van der Waals surface area (Å²) in [5.74, 6) is -0.836. The van der Waals surface area contributed by atoms with Crippen LogP contribution in [0.15, 0.2) is 24.3 Å². The molecule has 1 unspecified atom stereocenters. The molecule has 2 saturated heterocycles. The van der Waals surface area contributed by atoms with Gasteiger partial charge in [0.25, 0.3) is 5.91 Å². The molecule has 0 aromatic heterocycles. The van der Waals surface area contributed by atoms with Gasteiger partial charge in [0, 0.05) is 45.8 Å². The number of carbonyl (C=O) groups excluding carboxylic acids is 2. The smallest absolute Gasteiger partial charge is 0.254 e. The summed E-state index contributed by atoms with van der Waals surface area (Å²) in [6.45, 7) is 5.32. The fourth-order valence-electron chi connectivity index (χ4n) is 3.46. The molecule has 2 heterocycles. The minimum atomic E-state index is -0.535. The van der Waals surface area contributed by atoms with E-state index in [1.165, 1.54) is 12.1 Å². The summed E-state index contributed by atoms with van der Waals surface area (Å²) in [6, 6.07) is 5.86. The highest BCUT2D eigenvalue weighted by Gasteiger charge is 2.36. The minimum Gasteiger partial charge on any atom is -0.350 e. The van der Waals surface area contributed by atoms with Gasteiger partial charge < -0.3 is 15.1 Å². The van der Waals surface area contributed by atoms with Gasteiger partial charge in [-0.1, -0.05) is 12.1 Å². The van der Waals surface area contributed by atoms with Crippen LogP contribution in [0.3, 0.4) is 0 Å². The van der Waals surface area contributed by atoms with Crippen molar-refractivity contribution in [2.45, 2.75) is 12.5 Å². The lowest BCUT2D eigenvalue weighted by Gasteiger charge is -2.35. The van der Waals surface area contributed by atoms with E-state index in [-0.39, 0.29) is 17.5 Å². The zero-order valence-corrected chi connectivity index (χ0v) is 14.6. The molecule has 25 heavy (non-hydrogen) atoms. The average molecular weight is 348 g/mol. The Morgan fingerprint density at radius 3 is 2.64 bits per heavy atom. The van der Waals surface area contributed by atoms with E-state index in [0.29, 0.717) is 19.6 Å². The highest BCUT2D eigenvalue weighted by atomic mass is 19.1. The van der Waals surface area contributed by atoms with Crippen molar-refractivity contribution in [3.63, 3.8) is 0 Å². The number of hydrogen-bond donors (Lipinski definition) is 1. The van der Waals surface area contributed by atoms with Gasteiger partial charge in [-0.05, 0) is 25.6 Å². The Morgan fingerprint density at radius 1 is 1.20 bits per heavy atom. The molecule has 0 radical (unpaired) electrons. The maximum absolute atomic E-state index is 13.6. The normalized spacial score (nSPS) is 22.4. The summed E-state index contributed by atoms with van der Waals surface area (Å²) in [5.41, 5.74) is 0.0329. The third-order valence-electron chi connectivity index (χ3n) is 5.03. The van der Waals surface area contributed by atoms with Crippen LogP contribution < -0.4 is 5.32 Å². The number of halogens is 1. The molecule has 2 fully saturated rings. The van der Waals surface area contributed by atoms with Crippen LogP contribution in [0.2, 0.25) is 0 Å². The Balaban J connectivity index is 1.46. The topological polar surface area (TPSA) is 55.9 Å². The lowest BCUT2D eigenvalue weighted by atomic mass is 10.2. The third kappa shape index (κ3) is 4.16. The first-order valence-corrected chi connectivity index (χ1v) is 8.80. The minimum absolute atomic E-state index is 0.0315. The van der Waals surface area contributed by atoms with E-state index in [1.807, 2.05) is 0 Å². The quantitative estimate of drug-likeness (QED) is 0.837. The predicted molar refractivity (Wildman–Crippen MR) is 92.8 cm³/mol. The van der Waals surface area contributed by atoms with E-state index < -0.39 is 11.7 Å². The second-order valence-electron chi connectivity index (χ2n) is 6.70. The molecule has 1 aromatic carbocycles. The van der Waals surface area contributed by atoms with Gasteiger partial charge in [0.1, 0.15) is 5.82 Å². The SMILES string of the molecule is CN1CCN(C2CCN(CCNC(=O)c3ccccc3F)C2=O)CC1. The van der Waals surface area contributed by atoms with Crippen LogP contribution in [0.5, 0.6) is 0 Å². The zero-order chi connectivity index (χ0) is 17.8. The second-order valence-corrected chi connectivity index (χ2v) is 6.70. The van der Waals surface area contributed by atoms with Crippen molar-refractivity contribution in [3.05, 3.63) is 35.6 Å². The summed E-state index contributed by atoms with van der Waals surface area (Å²) in [5, 5.41) is 2.69.